The number of nitrogens with zero attached hydrogens (tertiary/aromatic N) is 1. The van der Waals surface area contributed by atoms with Crippen molar-refractivity contribution in [2.24, 2.45) is 0 Å². The Kier molecular flexibility index (Phi) is 4.67. The molecule has 0 aliphatic carbocycles. The molecule has 0 aliphatic rings. The molecule has 1 aromatic carbocycles. The summed E-state index contributed by atoms with van der Waals surface area (Å²) < 4.78 is 4.96. The summed E-state index contributed by atoms with van der Waals surface area (Å²) in [6, 6.07) is 8.78. The van der Waals surface area contributed by atoms with E-state index in [0.29, 0.717) is 22.2 Å². The number of hydrogen-bond donors (Lipinski definition) is 2. The Morgan fingerprint density at radius 2 is 1.91 bits per heavy atom. The highest BCUT2D eigenvalue weighted by molar-refractivity contribution is 6.04. The lowest BCUT2D eigenvalue weighted by atomic mass is 10.1. The first kappa shape index (κ1) is 15.4. The Balaban J connectivity index is 2.10. The zero-order chi connectivity index (χ0) is 16.1. The Hall–Kier alpha value is -2.96. The summed E-state index contributed by atoms with van der Waals surface area (Å²) in [5, 5.41) is 0.653. The molecule has 7 nitrogen and oxygen atoms in total. The third-order valence-electron chi connectivity index (χ3n) is 2.78. The van der Waals surface area contributed by atoms with Gasteiger partial charge in [-0.05, 0) is 19.1 Å². The summed E-state index contributed by atoms with van der Waals surface area (Å²) in [5.74, 6) is -1.67. The maximum atomic E-state index is 12.1. The number of nitrogens with one attached hydrogen (secondary N) is 2. The number of benzene rings is 1. The van der Waals surface area contributed by atoms with Crippen LogP contribution in [0.1, 0.15) is 23.0 Å². The van der Waals surface area contributed by atoms with Crippen molar-refractivity contribution < 1.29 is 19.1 Å². The number of amides is 2. The zero-order valence-electron chi connectivity index (χ0n) is 12.2. The van der Waals surface area contributed by atoms with Crippen LogP contribution in [-0.2, 0) is 14.3 Å². The maximum Gasteiger partial charge on any atom is 0.339 e. The number of aryl methyl sites for hydroxylation is 1. The third kappa shape index (κ3) is 3.78. The number of carbonyl (C=O) groups is 3. The molecule has 1 aromatic heterocycles. The van der Waals surface area contributed by atoms with Crippen molar-refractivity contribution in [2.75, 3.05) is 6.61 Å². The Morgan fingerprint density at radius 1 is 1.18 bits per heavy atom. The molecule has 2 aromatic rings. The lowest BCUT2D eigenvalue weighted by Gasteiger charge is -2.09. The number of para-hydroxylation sites is 1. The van der Waals surface area contributed by atoms with Gasteiger partial charge in [0.05, 0.1) is 11.1 Å². The molecule has 22 heavy (non-hydrogen) atoms. The second-order valence-corrected chi connectivity index (χ2v) is 4.63. The molecular weight excluding hydrogens is 286 g/mol. The fourth-order valence-corrected chi connectivity index (χ4v) is 1.88. The SMILES string of the molecule is CC(=O)NNC(=O)COC(=O)c1cc(C)nc2ccccc12. The quantitative estimate of drug-likeness (QED) is 0.647. The first-order chi connectivity index (χ1) is 10.5. The number of hydrogen-bond acceptors (Lipinski definition) is 5. The fraction of sp³-hybridized carbons (Fsp3) is 0.200. The molecule has 114 valence electrons. The van der Waals surface area contributed by atoms with Gasteiger partial charge < -0.3 is 4.74 Å². The summed E-state index contributed by atoms with van der Waals surface area (Å²) in [6.07, 6.45) is 0. The van der Waals surface area contributed by atoms with Gasteiger partial charge in [0.15, 0.2) is 6.61 Å². The smallest absolute Gasteiger partial charge is 0.339 e. The van der Waals surface area contributed by atoms with Gasteiger partial charge in [-0.25, -0.2) is 4.79 Å². The number of carbonyl (C=O) groups excluding carboxylic acids is 3. The number of pyridine rings is 1. The van der Waals surface area contributed by atoms with E-state index in [0.717, 1.165) is 0 Å². The van der Waals surface area contributed by atoms with E-state index in [1.165, 1.54) is 6.92 Å². The normalized spacial score (nSPS) is 10.1. The second-order valence-electron chi connectivity index (χ2n) is 4.63. The van der Waals surface area contributed by atoms with Crippen LogP contribution >= 0.6 is 0 Å². The van der Waals surface area contributed by atoms with Crippen molar-refractivity contribution in [3.8, 4) is 0 Å². The minimum atomic E-state index is -0.626. The molecule has 0 saturated heterocycles. The Morgan fingerprint density at radius 3 is 2.64 bits per heavy atom. The summed E-state index contributed by atoms with van der Waals surface area (Å²) in [4.78, 5) is 38.5. The van der Waals surface area contributed by atoms with E-state index in [4.69, 9.17) is 4.74 Å². The summed E-state index contributed by atoms with van der Waals surface area (Å²) >= 11 is 0. The predicted octanol–water partition coefficient (Wildman–Crippen LogP) is 0.867. The minimum absolute atomic E-state index is 0.343. The zero-order valence-corrected chi connectivity index (χ0v) is 12.2. The molecule has 2 amide bonds. The van der Waals surface area contributed by atoms with Gasteiger partial charge in [-0.1, -0.05) is 18.2 Å². The van der Waals surface area contributed by atoms with Gasteiger partial charge in [-0.3, -0.25) is 25.4 Å². The van der Waals surface area contributed by atoms with Crippen LogP contribution < -0.4 is 10.9 Å². The van der Waals surface area contributed by atoms with Gasteiger partial charge in [0.1, 0.15) is 0 Å². The summed E-state index contributed by atoms with van der Waals surface area (Å²) in [7, 11) is 0. The van der Waals surface area contributed by atoms with Crippen LogP contribution in [0.5, 0.6) is 0 Å². The first-order valence-electron chi connectivity index (χ1n) is 6.56. The van der Waals surface area contributed by atoms with Gasteiger partial charge in [-0.15, -0.1) is 0 Å². The molecule has 0 bridgehead atoms. The molecule has 2 rings (SSSR count). The minimum Gasteiger partial charge on any atom is -0.452 e. The second kappa shape index (κ2) is 6.66. The predicted molar refractivity (Wildman–Crippen MR) is 78.7 cm³/mol. The van der Waals surface area contributed by atoms with Gasteiger partial charge in [0, 0.05) is 18.0 Å². The van der Waals surface area contributed by atoms with Crippen LogP contribution in [0.4, 0.5) is 0 Å². The van der Waals surface area contributed by atoms with Crippen molar-refractivity contribution >= 4 is 28.7 Å². The number of ether oxygens (including phenoxy) is 1. The maximum absolute atomic E-state index is 12.1. The van der Waals surface area contributed by atoms with Crippen molar-refractivity contribution in [1.29, 1.82) is 0 Å². The van der Waals surface area contributed by atoms with Crippen LogP contribution in [0, 0.1) is 6.92 Å². The van der Waals surface area contributed by atoms with Crippen LogP contribution in [0.3, 0.4) is 0 Å². The lowest BCUT2D eigenvalue weighted by Crippen LogP contribution is -2.42. The van der Waals surface area contributed by atoms with E-state index in [1.807, 2.05) is 6.07 Å². The monoisotopic (exact) mass is 301 g/mol. The molecule has 7 heteroatoms. The van der Waals surface area contributed by atoms with Gasteiger partial charge in [-0.2, -0.15) is 0 Å². The van der Waals surface area contributed by atoms with E-state index in [9.17, 15) is 14.4 Å². The first-order valence-corrected chi connectivity index (χ1v) is 6.56. The molecular formula is C15H15N3O4. The van der Waals surface area contributed by atoms with Crippen LogP contribution in [0.25, 0.3) is 10.9 Å². The van der Waals surface area contributed by atoms with E-state index in [-0.39, 0.29) is 0 Å². The van der Waals surface area contributed by atoms with Crippen molar-refractivity contribution in [1.82, 2.24) is 15.8 Å². The molecule has 0 spiro atoms. The van der Waals surface area contributed by atoms with Crippen LogP contribution in [0.15, 0.2) is 30.3 Å². The van der Waals surface area contributed by atoms with E-state index >= 15 is 0 Å². The summed E-state index contributed by atoms with van der Waals surface area (Å²) in [5.41, 5.74) is 5.91. The van der Waals surface area contributed by atoms with Gasteiger partial charge in [0.2, 0.25) is 5.91 Å². The van der Waals surface area contributed by atoms with Crippen LogP contribution in [0.2, 0.25) is 0 Å². The Labute approximate surface area is 126 Å². The number of esters is 1. The summed E-state index contributed by atoms with van der Waals surface area (Å²) in [6.45, 7) is 2.53. The van der Waals surface area contributed by atoms with Crippen LogP contribution in [-0.4, -0.2) is 29.4 Å². The highest BCUT2D eigenvalue weighted by atomic mass is 16.5. The number of rotatable bonds is 3. The average Bonchev–Trinajstić information content (AvgIpc) is 2.49. The van der Waals surface area contributed by atoms with Gasteiger partial charge >= 0.3 is 5.97 Å². The van der Waals surface area contributed by atoms with E-state index in [1.54, 1.807) is 31.2 Å². The number of hydrazine groups is 1. The van der Waals surface area contributed by atoms with Crippen molar-refractivity contribution in [2.45, 2.75) is 13.8 Å². The molecule has 1 heterocycles. The Bertz CT molecular complexity index is 743. The molecule has 0 fully saturated rings. The molecule has 0 atom stereocenters. The molecule has 0 radical (unpaired) electrons. The molecule has 2 N–H and O–H groups in total. The molecule has 0 aliphatic heterocycles. The molecule has 0 saturated carbocycles. The van der Waals surface area contributed by atoms with Gasteiger partial charge in [0.25, 0.3) is 5.91 Å². The fourth-order valence-electron chi connectivity index (χ4n) is 1.88. The third-order valence-corrected chi connectivity index (χ3v) is 2.78. The topological polar surface area (TPSA) is 97.4 Å². The standard InChI is InChI=1S/C15H15N3O4/c1-9-7-12(11-5-3-4-6-13(11)16-9)15(21)22-8-14(20)18-17-10(2)19/h3-7H,8H2,1-2H3,(H,17,19)(H,18,20). The highest BCUT2D eigenvalue weighted by Crippen LogP contribution is 2.18. The van der Waals surface area contributed by atoms with E-state index < -0.39 is 24.4 Å². The highest BCUT2D eigenvalue weighted by Gasteiger charge is 2.14. The van der Waals surface area contributed by atoms with Crippen molar-refractivity contribution in [3.05, 3.63) is 41.6 Å². The van der Waals surface area contributed by atoms with Crippen molar-refractivity contribution in [3.63, 3.8) is 0 Å². The largest absolute Gasteiger partial charge is 0.452 e. The average molecular weight is 301 g/mol. The molecule has 0 unspecified atom stereocenters. The lowest BCUT2D eigenvalue weighted by molar-refractivity contribution is -0.129. The number of fused-ring (bicyclic) bond motifs is 1. The van der Waals surface area contributed by atoms with E-state index in [2.05, 4.69) is 15.8 Å². The number of aromatic nitrogens is 1.